The SMILES string of the molecule is CC(C)=CCC/C(C)=C/COC1O[C@H](CO)[C@@H](O)[C@H](O)[C@H]1O. The smallest absolute Gasteiger partial charge is 0.187 e. The molecule has 1 aliphatic rings. The molecule has 1 rings (SSSR count). The normalized spacial score (nSPS) is 32.9. The summed E-state index contributed by atoms with van der Waals surface area (Å²) in [6.07, 6.45) is -0.190. The average molecular weight is 316 g/mol. The standard InChI is InChI=1S/C16H28O6/c1-10(2)5-4-6-11(3)7-8-21-16-15(20)14(19)13(18)12(9-17)22-16/h5,7,12-20H,4,6,8-9H2,1-3H3/b11-7+/t12-,13-,14+,15-,16?/m1/s1. The van der Waals surface area contributed by atoms with Crippen molar-refractivity contribution in [1.29, 1.82) is 0 Å². The molecule has 1 saturated heterocycles. The van der Waals surface area contributed by atoms with E-state index in [0.29, 0.717) is 0 Å². The molecule has 1 heterocycles. The summed E-state index contributed by atoms with van der Waals surface area (Å²) < 4.78 is 10.7. The summed E-state index contributed by atoms with van der Waals surface area (Å²) in [7, 11) is 0. The molecule has 0 bridgehead atoms. The fraction of sp³-hybridized carbons (Fsp3) is 0.750. The number of allylic oxidation sites excluding steroid dienone is 3. The van der Waals surface area contributed by atoms with Gasteiger partial charge in [0.25, 0.3) is 0 Å². The molecule has 0 aliphatic carbocycles. The lowest BCUT2D eigenvalue weighted by atomic mass is 9.99. The monoisotopic (exact) mass is 316 g/mol. The second kappa shape index (κ2) is 9.39. The highest BCUT2D eigenvalue weighted by Crippen LogP contribution is 2.22. The van der Waals surface area contributed by atoms with Gasteiger partial charge in [0.05, 0.1) is 13.2 Å². The molecule has 4 N–H and O–H groups in total. The Bertz CT molecular complexity index is 386. The third kappa shape index (κ3) is 5.79. The van der Waals surface area contributed by atoms with E-state index in [1.54, 1.807) is 0 Å². The van der Waals surface area contributed by atoms with Gasteiger partial charge in [0.2, 0.25) is 0 Å². The fourth-order valence-electron chi connectivity index (χ4n) is 2.18. The lowest BCUT2D eigenvalue weighted by molar-refractivity contribution is -0.298. The molecule has 0 aromatic heterocycles. The lowest BCUT2D eigenvalue weighted by Gasteiger charge is -2.39. The highest BCUT2D eigenvalue weighted by molar-refractivity contribution is 5.02. The van der Waals surface area contributed by atoms with Gasteiger partial charge in [0.15, 0.2) is 6.29 Å². The molecule has 0 amide bonds. The molecule has 1 aliphatic heterocycles. The molecule has 0 saturated carbocycles. The van der Waals surface area contributed by atoms with Crippen molar-refractivity contribution in [2.24, 2.45) is 0 Å². The molecule has 0 aromatic rings. The maximum atomic E-state index is 9.82. The van der Waals surface area contributed by atoms with Crippen LogP contribution >= 0.6 is 0 Å². The summed E-state index contributed by atoms with van der Waals surface area (Å²) in [5.74, 6) is 0. The number of hydrogen-bond acceptors (Lipinski definition) is 6. The predicted octanol–water partition coefficient (Wildman–Crippen LogP) is 0.496. The summed E-state index contributed by atoms with van der Waals surface area (Å²) in [5.41, 5.74) is 2.44. The Morgan fingerprint density at radius 1 is 1.05 bits per heavy atom. The van der Waals surface area contributed by atoms with Crippen LogP contribution < -0.4 is 0 Å². The highest BCUT2D eigenvalue weighted by Gasteiger charge is 2.43. The number of aliphatic hydroxyl groups is 4. The Morgan fingerprint density at radius 2 is 1.73 bits per heavy atom. The summed E-state index contributed by atoms with van der Waals surface area (Å²) in [6, 6.07) is 0. The van der Waals surface area contributed by atoms with Gasteiger partial charge in [-0.2, -0.15) is 0 Å². The molecule has 0 aromatic carbocycles. The minimum Gasteiger partial charge on any atom is -0.394 e. The molecule has 6 heteroatoms. The Morgan fingerprint density at radius 3 is 2.32 bits per heavy atom. The molecule has 6 nitrogen and oxygen atoms in total. The molecule has 5 atom stereocenters. The van der Waals surface area contributed by atoms with Gasteiger partial charge in [-0.1, -0.05) is 23.3 Å². The average Bonchev–Trinajstić information content (AvgIpc) is 2.47. The molecule has 1 unspecified atom stereocenters. The van der Waals surface area contributed by atoms with Crippen LogP contribution in [0, 0.1) is 0 Å². The van der Waals surface area contributed by atoms with Gasteiger partial charge in [-0.3, -0.25) is 0 Å². The molecule has 0 radical (unpaired) electrons. The quantitative estimate of drug-likeness (QED) is 0.510. The van der Waals surface area contributed by atoms with Crippen molar-refractivity contribution in [2.75, 3.05) is 13.2 Å². The van der Waals surface area contributed by atoms with Crippen molar-refractivity contribution in [1.82, 2.24) is 0 Å². The van der Waals surface area contributed by atoms with Gasteiger partial charge in [-0.05, 0) is 33.6 Å². The molecule has 1 fully saturated rings. The van der Waals surface area contributed by atoms with Gasteiger partial charge in [0, 0.05) is 0 Å². The van der Waals surface area contributed by atoms with Crippen LogP contribution in [0.5, 0.6) is 0 Å². The van der Waals surface area contributed by atoms with Crippen LogP contribution in [-0.4, -0.2) is 64.3 Å². The van der Waals surface area contributed by atoms with Crippen LogP contribution in [0.4, 0.5) is 0 Å². The second-order valence-corrected chi connectivity index (χ2v) is 5.90. The van der Waals surface area contributed by atoms with Gasteiger partial charge >= 0.3 is 0 Å². The van der Waals surface area contributed by atoms with Crippen LogP contribution in [0.3, 0.4) is 0 Å². The third-order valence-electron chi connectivity index (χ3n) is 3.63. The van der Waals surface area contributed by atoms with E-state index in [1.165, 1.54) is 5.57 Å². The van der Waals surface area contributed by atoms with Crippen molar-refractivity contribution in [3.05, 3.63) is 23.3 Å². The first-order valence-corrected chi connectivity index (χ1v) is 7.58. The first-order chi connectivity index (χ1) is 10.4. The van der Waals surface area contributed by atoms with E-state index < -0.39 is 37.3 Å². The van der Waals surface area contributed by atoms with E-state index in [2.05, 4.69) is 19.9 Å². The summed E-state index contributed by atoms with van der Waals surface area (Å²) in [5, 5.41) is 38.2. The number of aliphatic hydroxyl groups excluding tert-OH is 4. The van der Waals surface area contributed by atoms with Crippen molar-refractivity contribution < 1.29 is 29.9 Å². The third-order valence-corrected chi connectivity index (χ3v) is 3.63. The second-order valence-electron chi connectivity index (χ2n) is 5.90. The zero-order valence-electron chi connectivity index (χ0n) is 13.5. The van der Waals surface area contributed by atoms with E-state index in [1.807, 2.05) is 13.0 Å². The topological polar surface area (TPSA) is 99.4 Å². The molecule has 0 spiro atoms. The summed E-state index contributed by atoms with van der Waals surface area (Å²) >= 11 is 0. The van der Waals surface area contributed by atoms with Gasteiger partial charge in [0.1, 0.15) is 24.4 Å². The molecule has 22 heavy (non-hydrogen) atoms. The molecule has 128 valence electrons. The zero-order chi connectivity index (χ0) is 16.7. The fourth-order valence-corrected chi connectivity index (χ4v) is 2.18. The first kappa shape index (κ1) is 19.3. The maximum absolute atomic E-state index is 9.82. The van der Waals surface area contributed by atoms with E-state index in [4.69, 9.17) is 14.6 Å². The Hall–Kier alpha value is -0.760. The van der Waals surface area contributed by atoms with Crippen LogP contribution in [0.1, 0.15) is 33.6 Å². The Labute approximate surface area is 131 Å². The zero-order valence-corrected chi connectivity index (χ0v) is 13.5. The van der Waals surface area contributed by atoms with Crippen LogP contribution in [0.2, 0.25) is 0 Å². The number of rotatable bonds is 7. The van der Waals surface area contributed by atoms with Crippen LogP contribution in [-0.2, 0) is 9.47 Å². The van der Waals surface area contributed by atoms with Gasteiger partial charge < -0.3 is 29.9 Å². The van der Waals surface area contributed by atoms with Gasteiger partial charge in [-0.15, -0.1) is 0 Å². The van der Waals surface area contributed by atoms with Crippen LogP contribution in [0.15, 0.2) is 23.3 Å². The van der Waals surface area contributed by atoms with E-state index in [0.717, 1.165) is 18.4 Å². The maximum Gasteiger partial charge on any atom is 0.187 e. The van der Waals surface area contributed by atoms with Crippen LogP contribution in [0.25, 0.3) is 0 Å². The first-order valence-electron chi connectivity index (χ1n) is 7.58. The molecular weight excluding hydrogens is 288 g/mol. The van der Waals surface area contributed by atoms with Gasteiger partial charge in [-0.25, -0.2) is 0 Å². The van der Waals surface area contributed by atoms with Crippen molar-refractivity contribution in [2.45, 2.75) is 64.3 Å². The predicted molar refractivity (Wildman–Crippen MR) is 82.1 cm³/mol. The summed E-state index contributed by atoms with van der Waals surface area (Å²) in [4.78, 5) is 0. The Kier molecular flexibility index (Phi) is 8.24. The van der Waals surface area contributed by atoms with E-state index in [9.17, 15) is 15.3 Å². The largest absolute Gasteiger partial charge is 0.394 e. The van der Waals surface area contributed by atoms with Crippen molar-refractivity contribution >= 4 is 0 Å². The molecular formula is C16H28O6. The number of ether oxygens (including phenoxy) is 2. The Balaban J connectivity index is 2.44. The summed E-state index contributed by atoms with van der Waals surface area (Å²) in [6.45, 7) is 5.88. The number of hydrogen-bond donors (Lipinski definition) is 4. The minimum absolute atomic E-state index is 0.226. The van der Waals surface area contributed by atoms with E-state index >= 15 is 0 Å². The van der Waals surface area contributed by atoms with Crippen molar-refractivity contribution in [3.8, 4) is 0 Å². The van der Waals surface area contributed by atoms with Crippen molar-refractivity contribution in [3.63, 3.8) is 0 Å². The lowest BCUT2D eigenvalue weighted by Crippen LogP contribution is -2.59. The van der Waals surface area contributed by atoms with E-state index in [-0.39, 0.29) is 6.61 Å². The highest BCUT2D eigenvalue weighted by atomic mass is 16.7. The minimum atomic E-state index is -1.40.